The second-order valence-corrected chi connectivity index (χ2v) is 7.14. The van der Waals surface area contributed by atoms with Gasteiger partial charge in [-0.1, -0.05) is 6.42 Å². The van der Waals surface area contributed by atoms with Crippen molar-refractivity contribution in [2.24, 2.45) is 11.1 Å². The fraction of sp³-hybridized carbons (Fsp3) is 0.600. The number of rotatable bonds is 3. The van der Waals surface area contributed by atoms with Gasteiger partial charge < -0.3 is 26.8 Å². The summed E-state index contributed by atoms with van der Waals surface area (Å²) in [5.74, 6) is -0.155. The van der Waals surface area contributed by atoms with Crippen molar-refractivity contribution in [1.82, 2.24) is 15.3 Å². The van der Waals surface area contributed by atoms with E-state index in [2.05, 4.69) is 27.9 Å². The van der Waals surface area contributed by atoms with Crippen molar-refractivity contribution in [3.63, 3.8) is 0 Å². The number of aromatic nitrogens is 2. The quantitative estimate of drug-likeness (QED) is 0.498. The standard InChI is InChI=1S/C15H22N6O3S/c16-10-13(25)19-9(11(17)22)12(20-10)21-6-4-15(5-7-21)3-1-2-8(15)18-14(23)24/h8,18H,1-7H2,(H2,16,20)(H2,17,22)(H,19,25)(H,23,24). The van der Waals surface area contributed by atoms with Crippen LogP contribution in [0.25, 0.3) is 0 Å². The molecule has 3 rings (SSSR count). The van der Waals surface area contributed by atoms with E-state index in [1.54, 1.807) is 0 Å². The van der Waals surface area contributed by atoms with Crippen LogP contribution in [0.4, 0.5) is 16.4 Å². The van der Waals surface area contributed by atoms with Crippen LogP contribution >= 0.6 is 12.6 Å². The first-order valence-electron chi connectivity index (χ1n) is 8.23. The van der Waals surface area contributed by atoms with E-state index < -0.39 is 12.0 Å². The average Bonchev–Trinajstić information content (AvgIpc) is 2.92. The highest BCUT2D eigenvalue weighted by Crippen LogP contribution is 2.47. The number of piperidine rings is 1. The number of carbonyl (C=O) groups excluding carboxylic acids is 1. The monoisotopic (exact) mass is 366 g/mol. The Morgan fingerprint density at radius 1 is 1.28 bits per heavy atom. The fourth-order valence-electron chi connectivity index (χ4n) is 4.09. The Balaban J connectivity index is 1.80. The number of nitrogens with two attached hydrogens (primary N) is 2. The SMILES string of the molecule is NC(=O)c1nc(S)c(N)nc1N1CCC2(CCCC2NC(=O)O)CC1. The zero-order valence-electron chi connectivity index (χ0n) is 13.7. The zero-order valence-corrected chi connectivity index (χ0v) is 14.6. The first kappa shape index (κ1) is 17.6. The van der Waals surface area contributed by atoms with Crippen molar-refractivity contribution in [3.8, 4) is 0 Å². The highest BCUT2D eigenvalue weighted by atomic mass is 32.1. The van der Waals surface area contributed by atoms with E-state index >= 15 is 0 Å². The molecule has 1 aromatic rings. The maximum atomic E-state index is 11.7. The van der Waals surface area contributed by atoms with Gasteiger partial charge in [0.2, 0.25) is 0 Å². The van der Waals surface area contributed by atoms with Crippen LogP contribution in [0, 0.1) is 5.41 Å². The Hall–Kier alpha value is -2.23. The maximum Gasteiger partial charge on any atom is 0.404 e. The van der Waals surface area contributed by atoms with Crippen LogP contribution in [-0.2, 0) is 0 Å². The summed E-state index contributed by atoms with van der Waals surface area (Å²) in [5, 5.41) is 11.9. The van der Waals surface area contributed by atoms with E-state index in [-0.39, 0.29) is 28.0 Å². The minimum atomic E-state index is -0.979. The predicted octanol–water partition coefficient (Wildman–Crippen LogP) is 0.853. The van der Waals surface area contributed by atoms with Gasteiger partial charge >= 0.3 is 6.09 Å². The number of carboxylic acid groups (broad SMARTS) is 1. The van der Waals surface area contributed by atoms with Crippen LogP contribution in [0.2, 0.25) is 0 Å². The highest BCUT2D eigenvalue weighted by Gasteiger charge is 2.45. The summed E-state index contributed by atoms with van der Waals surface area (Å²) >= 11 is 4.09. The van der Waals surface area contributed by atoms with Gasteiger partial charge in [0, 0.05) is 19.1 Å². The molecule has 2 heterocycles. The van der Waals surface area contributed by atoms with Crippen molar-refractivity contribution in [3.05, 3.63) is 5.69 Å². The molecule has 0 aromatic carbocycles. The molecule has 1 aliphatic carbocycles. The number of nitrogens with one attached hydrogen (secondary N) is 1. The van der Waals surface area contributed by atoms with E-state index in [4.69, 9.17) is 16.6 Å². The highest BCUT2D eigenvalue weighted by molar-refractivity contribution is 7.80. The van der Waals surface area contributed by atoms with Gasteiger partial charge in [-0.2, -0.15) is 0 Å². The number of hydrogen-bond donors (Lipinski definition) is 5. The molecule has 2 amide bonds. The zero-order chi connectivity index (χ0) is 18.2. The van der Waals surface area contributed by atoms with Gasteiger partial charge in [-0.3, -0.25) is 4.79 Å². The Morgan fingerprint density at radius 2 is 1.96 bits per heavy atom. The molecular weight excluding hydrogens is 344 g/mol. The molecule has 1 saturated carbocycles. The second-order valence-electron chi connectivity index (χ2n) is 6.71. The fourth-order valence-corrected chi connectivity index (χ4v) is 4.24. The molecule has 1 atom stereocenters. The largest absolute Gasteiger partial charge is 0.465 e. The molecule has 2 fully saturated rings. The topological polar surface area (TPSA) is 147 Å². The first-order chi connectivity index (χ1) is 11.8. The molecule has 9 nitrogen and oxygen atoms in total. The van der Waals surface area contributed by atoms with Crippen LogP contribution in [-0.4, -0.2) is 46.2 Å². The van der Waals surface area contributed by atoms with Gasteiger partial charge in [0.1, 0.15) is 5.03 Å². The van der Waals surface area contributed by atoms with Gasteiger partial charge in [0.15, 0.2) is 17.3 Å². The molecule has 2 aliphatic rings. The molecule has 1 aliphatic heterocycles. The number of nitrogens with zero attached hydrogens (tertiary/aromatic N) is 3. The molecule has 1 saturated heterocycles. The van der Waals surface area contributed by atoms with Gasteiger partial charge in [-0.25, -0.2) is 14.8 Å². The third-order valence-corrected chi connectivity index (χ3v) is 5.71. The normalized spacial score (nSPS) is 22.1. The van der Waals surface area contributed by atoms with Gasteiger partial charge in [-0.05, 0) is 31.1 Å². The smallest absolute Gasteiger partial charge is 0.404 e. The van der Waals surface area contributed by atoms with Crippen molar-refractivity contribution in [2.75, 3.05) is 23.7 Å². The van der Waals surface area contributed by atoms with Crippen LogP contribution in [0.1, 0.15) is 42.6 Å². The maximum absolute atomic E-state index is 11.7. The Morgan fingerprint density at radius 3 is 2.56 bits per heavy atom. The molecule has 1 spiro atoms. The van der Waals surface area contributed by atoms with Crippen LogP contribution in [0.5, 0.6) is 0 Å². The number of anilines is 2. The molecule has 1 aromatic heterocycles. The Bertz CT molecular complexity index is 705. The summed E-state index contributed by atoms with van der Waals surface area (Å²) in [5.41, 5.74) is 11.2. The van der Waals surface area contributed by atoms with Gasteiger partial charge in [0.05, 0.1) is 0 Å². The van der Waals surface area contributed by atoms with E-state index in [1.165, 1.54) is 0 Å². The lowest BCUT2D eigenvalue weighted by Gasteiger charge is -2.43. The molecule has 6 N–H and O–H groups in total. The minimum absolute atomic E-state index is 0.0290. The summed E-state index contributed by atoms with van der Waals surface area (Å²) in [7, 11) is 0. The number of hydrogen-bond acceptors (Lipinski definition) is 7. The first-order valence-corrected chi connectivity index (χ1v) is 8.68. The Labute approximate surface area is 150 Å². The molecule has 10 heteroatoms. The van der Waals surface area contributed by atoms with Crippen molar-refractivity contribution < 1.29 is 14.7 Å². The van der Waals surface area contributed by atoms with Gasteiger partial charge in [0.25, 0.3) is 5.91 Å². The number of amides is 2. The second kappa shape index (κ2) is 6.58. The number of nitrogen functional groups attached to an aromatic ring is 1. The lowest BCUT2D eigenvalue weighted by atomic mass is 9.74. The molecule has 25 heavy (non-hydrogen) atoms. The number of primary amides is 1. The Kier molecular flexibility index (Phi) is 4.63. The summed E-state index contributed by atoms with van der Waals surface area (Å²) in [6.07, 6.45) is 3.50. The molecular formula is C15H22N6O3S. The van der Waals surface area contributed by atoms with Crippen LogP contribution in [0.3, 0.4) is 0 Å². The van der Waals surface area contributed by atoms with Crippen LogP contribution < -0.4 is 21.7 Å². The van der Waals surface area contributed by atoms with Gasteiger partial charge in [-0.15, -0.1) is 12.6 Å². The van der Waals surface area contributed by atoms with Crippen molar-refractivity contribution >= 4 is 36.3 Å². The lowest BCUT2D eigenvalue weighted by Crippen LogP contribution is -2.50. The average molecular weight is 366 g/mol. The number of carbonyl (C=O) groups is 2. The van der Waals surface area contributed by atoms with E-state index in [0.29, 0.717) is 18.9 Å². The van der Waals surface area contributed by atoms with E-state index in [9.17, 15) is 9.59 Å². The molecule has 0 radical (unpaired) electrons. The molecule has 136 valence electrons. The third kappa shape index (κ3) is 3.30. The summed E-state index contributed by atoms with van der Waals surface area (Å²) in [4.78, 5) is 33.0. The van der Waals surface area contributed by atoms with Crippen molar-refractivity contribution in [2.45, 2.75) is 43.2 Å². The van der Waals surface area contributed by atoms with Crippen LogP contribution in [0.15, 0.2) is 5.03 Å². The third-order valence-electron chi connectivity index (χ3n) is 5.38. The number of thiol groups is 1. The molecule has 1 unspecified atom stereocenters. The van der Waals surface area contributed by atoms with E-state index in [1.807, 2.05) is 4.90 Å². The lowest BCUT2D eigenvalue weighted by molar-refractivity contribution is 0.0994. The summed E-state index contributed by atoms with van der Waals surface area (Å²) in [6.45, 7) is 1.27. The molecule has 0 bridgehead atoms. The van der Waals surface area contributed by atoms with E-state index in [0.717, 1.165) is 32.1 Å². The summed E-state index contributed by atoms with van der Waals surface area (Å²) < 4.78 is 0. The van der Waals surface area contributed by atoms with Crippen molar-refractivity contribution in [1.29, 1.82) is 0 Å². The summed E-state index contributed by atoms with van der Waals surface area (Å²) in [6, 6.07) is -0.0290. The predicted molar refractivity (Wildman–Crippen MR) is 94.9 cm³/mol. The minimum Gasteiger partial charge on any atom is -0.465 e.